The molecule has 1 aromatic heterocycles. The number of nitrogens with two attached hydrogens (primary N) is 1. The molecule has 1 fully saturated rings. The molecule has 0 aliphatic heterocycles. The molecule has 1 aliphatic rings. The van der Waals surface area contributed by atoms with E-state index < -0.39 is 0 Å². The molecule has 2 atom stereocenters. The summed E-state index contributed by atoms with van der Waals surface area (Å²) in [5.41, 5.74) is 8.28. The lowest BCUT2D eigenvalue weighted by atomic mass is 10.2. The number of rotatable bonds is 4. The lowest BCUT2D eigenvalue weighted by Crippen LogP contribution is -2.20. The smallest absolute Gasteiger partial charge is 0.0728 e. The van der Waals surface area contributed by atoms with Crippen molar-refractivity contribution in [3.05, 3.63) is 48.3 Å². The largest absolute Gasteiger partial charge is 0.380 e. The van der Waals surface area contributed by atoms with E-state index in [0.29, 0.717) is 12.1 Å². The van der Waals surface area contributed by atoms with Crippen LogP contribution in [0.4, 0.5) is 5.69 Å². The zero-order valence-corrected chi connectivity index (χ0v) is 11.0. The number of nitrogens with zero attached hydrogens (tertiary/aromatic N) is 2. The minimum Gasteiger partial charge on any atom is -0.380 e. The van der Waals surface area contributed by atoms with Gasteiger partial charge in [-0.25, -0.2) is 0 Å². The summed E-state index contributed by atoms with van der Waals surface area (Å²) in [7, 11) is 0. The fourth-order valence-electron chi connectivity index (χ4n) is 2.68. The number of hydrogen-bond donors (Lipinski definition) is 2. The molecule has 0 amide bonds. The van der Waals surface area contributed by atoms with E-state index in [1.54, 1.807) is 0 Å². The molecule has 0 radical (unpaired) electrons. The van der Waals surface area contributed by atoms with Gasteiger partial charge in [0.05, 0.1) is 18.4 Å². The molecule has 1 aromatic carbocycles. The van der Waals surface area contributed by atoms with Crippen molar-refractivity contribution in [3.8, 4) is 0 Å². The second-order valence-electron chi connectivity index (χ2n) is 5.33. The molecule has 0 saturated heterocycles. The van der Waals surface area contributed by atoms with Crippen LogP contribution >= 0.6 is 0 Å². The van der Waals surface area contributed by atoms with E-state index in [2.05, 4.69) is 40.9 Å². The summed E-state index contributed by atoms with van der Waals surface area (Å²) < 4.78 is 1.96. The average molecular weight is 256 g/mol. The Kier molecular flexibility index (Phi) is 3.51. The molecule has 4 nitrogen and oxygen atoms in total. The van der Waals surface area contributed by atoms with Gasteiger partial charge in [-0.2, -0.15) is 5.10 Å². The molecular weight excluding hydrogens is 236 g/mol. The highest BCUT2D eigenvalue weighted by Crippen LogP contribution is 2.21. The maximum atomic E-state index is 5.93. The second kappa shape index (κ2) is 5.45. The van der Waals surface area contributed by atoms with Crippen LogP contribution < -0.4 is 11.1 Å². The summed E-state index contributed by atoms with van der Waals surface area (Å²) >= 11 is 0. The number of nitrogens with one attached hydrogen (secondary N) is 1. The summed E-state index contributed by atoms with van der Waals surface area (Å²) in [6.45, 7) is 0.812. The highest BCUT2D eigenvalue weighted by Gasteiger charge is 2.21. The quantitative estimate of drug-likeness (QED) is 0.882. The predicted octanol–water partition coefficient (Wildman–Crippen LogP) is 2.22. The van der Waals surface area contributed by atoms with Gasteiger partial charge < -0.3 is 11.1 Å². The van der Waals surface area contributed by atoms with E-state index in [9.17, 15) is 0 Å². The fourth-order valence-corrected chi connectivity index (χ4v) is 2.68. The summed E-state index contributed by atoms with van der Waals surface area (Å²) in [5.74, 6) is 0. The van der Waals surface area contributed by atoms with Gasteiger partial charge in [-0.3, -0.25) is 4.68 Å². The standard InChI is InChI=1S/C15H20N4/c16-13-6-7-14(8-13)18-15-9-17-19(11-15)10-12-4-2-1-3-5-12/h1-5,9,11,13-14,18H,6-8,10,16H2. The van der Waals surface area contributed by atoms with Crippen LogP contribution in [0.25, 0.3) is 0 Å². The Morgan fingerprint density at radius 2 is 2.11 bits per heavy atom. The molecule has 2 aromatic rings. The van der Waals surface area contributed by atoms with Crippen LogP contribution in [0.5, 0.6) is 0 Å². The van der Waals surface area contributed by atoms with Gasteiger partial charge in [-0.15, -0.1) is 0 Å². The Morgan fingerprint density at radius 1 is 1.26 bits per heavy atom. The minimum atomic E-state index is 0.358. The predicted molar refractivity (Wildman–Crippen MR) is 77.0 cm³/mol. The van der Waals surface area contributed by atoms with Crippen molar-refractivity contribution in [2.45, 2.75) is 37.9 Å². The van der Waals surface area contributed by atoms with Crippen LogP contribution in [0.15, 0.2) is 42.7 Å². The first kappa shape index (κ1) is 12.2. The Labute approximate surface area is 113 Å². The van der Waals surface area contributed by atoms with Crippen molar-refractivity contribution in [2.24, 2.45) is 5.73 Å². The van der Waals surface area contributed by atoms with Crippen molar-refractivity contribution >= 4 is 5.69 Å². The highest BCUT2D eigenvalue weighted by atomic mass is 15.3. The van der Waals surface area contributed by atoms with Crippen molar-refractivity contribution < 1.29 is 0 Å². The molecule has 1 heterocycles. The van der Waals surface area contributed by atoms with Crippen LogP contribution in [0.3, 0.4) is 0 Å². The number of aromatic nitrogens is 2. The van der Waals surface area contributed by atoms with Crippen molar-refractivity contribution in [1.82, 2.24) is 9.78 Å². The second-order valence-corrected chi connectivity index (χ2v) is 5.33. The molecule has 0 spiro atoms. The maximum Gasteiger partial charge on any atom is 0.0728 e. The molecule has 2 unspecified atom stereocenters. The number of benzene rings is 1. The summed E-state index contributed by atoms with van der Waals surface area (Å²) in [5, 5.41) is 7.91. The van der Waals surface area contributed by atoms with Gasteiger partial charge in [0.2, 0.25) is 0 Å². The van der Waals surface area contributed by atoms with E-state index in [1.165, 1.54) is 5.56 Å². The Balaban J connectivity index is 1.60. The Bertz CT molecular complexity index is 520. The van der Waals surface area contributed by atoms with E-state index >= 15 is 0 Å². The number of hydrogen-bond acceptors (Lipinski definition) is 3. The van der Waals surface area contributed by atoms with E-state index in [1.807, 2.05) is 16.9 Å². The molecule has 3 N–H and O–H groups in total. The topological polar surface area (TPSA) is 55.9 Å². The van der Waals surface area contributed by atoms with Gasteiger partial charge in [0.1, 0.15) is 0 Å². The van der Waals surface area contributed by atoms with Gasteiger partial charge in [0, 0.05) is 18.3 Å². The first-order valence-corrected chi connectivity index (χ1v) is 6.88. The zero-order chi connectivity index (χ0) is 13.1. The molecule has 0 bridgehead atoms. The number of anilines is 1. The van der Waals surface area contributed by atoms with Crippen molar-refractivity contribution in [2.75, 3.05) is 5.32 Å². The third-order valence-electron chi connectivity index (χ3n) is 3.66. The lowest BCUT2D eigenvalue weighted by molar-refractivity contribution is 0.683. The van der Waals surface area contributed by atoms with Gasteiger partial charge in [0.15, 0.2) is 0 Å². The van der Waals surface area contributed by atoms with Crippen LogP contribution in [0, 0.1) is 0 Å². The van der Waals surface area contributed by atoms with Crippen molar-refractivity contribution in [1.29, 1.82) is 0 Å². The van der Waals surface area contributed by atoms with Crippen LogP contribution in [0.2, 0.25) is 0 Å². The van der Waals surface area contributed by atoms with Gasteiger partial charge in [0.25, 0.3) is 0 Å². The summed E-state index contributed by atoms with van der Waals surface area (Å²) in [6.07, 6.45) is 7.30. The Hall–Kier alpha value is -1.81. The maximum absolute atomic E-state index is 5.93. The minimum absolute atomic E-state index is 0.358. The third-order valence-corrected chi connectivity index (χ3v) is 3.66. The molecule has 1 saturated carbocycles. The molecule has 1 aliphatic carbocycles. The van der Waals surface area contributed by atoms with E-state index in [4.69, 9.17) is 5.73 Å². The van der Waals surface area contributed by atoms with Crippen LogP contribution in [-0.4, -0.2) is 21.9 Å². The van der Waals surface area contributed by atoms with E-state index in [0.717, 1.165) is 31.5 Å². The lowest BCUT2D eigenvalue weighted by Gasteiger charge is -2.11. The van der Waals surface area contributed by atoms with Gasteiger partial charge >= 0.3 is 0 Å². The molecule has 4 heteroatoms. The summed E-state index contributed by atoms with van der Waals surface area (Å²) in [4.78, 5) is 0. The first-order chi connectivity index (χ1) is 9.29. The van der Waals surface area contributed by atoms with Crippen molar-refractivity contribution in [3.63, 3.8) is 0 Å². The average Bonchev–Trinajstić information content (AvgIpc) is 3.01. The SMILES string of the molecule is NC1CCC(Nc2cnn(Cc3ccccc3)c2)C1. The zero-order valence-electron chi connectivity index (χ0n) is 11.0. The molecule has 100 valence electrons. The van der Waals surface area contributed by atoms with Gasteiger partial charge in [-0.1, -0.05) is 30.3 Å². The summed E-state index contributed by atoms with van der Waals surface area (Å²) in [6, 6.07) is 11.2. The van der Waals surface area contributed by atoms with Crippen LogP contribution in [-0.2, 0) is 6.54 Å². The normalized spacial score (nSPS) is 22.6. The highest BCUT2D eigenvalue weighted by molar-refractivity contribution is 5.39. The first-order valence-electron chi connectivity index (χ1n) is 6.88. The van der Waals surface area contributed by atoms with E-state index in [-0.39, 0.29) is 0 Å². The fraction of sp³-hybridized carbons (Fsp3) is 0.400. The van der Waals surface area contributed by atoms with Crippen LogP contribution in [0.1, 0.15) is 24.8 Å². The molecule has 19 heavy (non-hydrogen) atoms. The molecular formula is C15H20N4. The monoisotopic (exact) mass is 256 g/mol. The molecule has 3 rings (SSSR count). The van der Waals surface area contributed by atoms with Gasteiger partial charge in [-0.05, 0) is 24.8 Å². The Morgan fingerprint density at radius 3 is 2.84 bits per heavy atom. The third kappa shape index (κ3) is 3.15.